The van der Waals surface area contributed by atoms with Gasteiger partial charge in [-0.15, -0.1) is 11.3 Å². The van der Waals surface area contributed by atoms with Crippen molar-refractivity contribution >= 4 is 39.0 Å². The molecule has 1 N–H and O–H groups in total. The van der Waals surface area contributed by atoms with Crippen molar-refractivity contribution in [3.8, 4) is 17.1 Å². The number of halogens is 2. The summed E-state index contributed by atoms with van der Waals surface area (Å²) >= 11 is 7.31. The number of aromatic nitrogens is 4. The summed E-state index contributed by atoms with van der Waals surface area (Å²) in [4.78, 5) is 31.2. The first kappa shape index (κ1) is 21.2. The number of rotatable bonds is 7. The molecule has 0 bridgehead atoms. The Balaban J connectivity index is 1.69. The monoisotopic (exact) mass is 459 g/mol. The summed E-state index contributed by atoms with van der Waals surface area (Å²) in [6.07, 6.45) is 1.57. The SMILES string of the molecule is CCN(CC)c1nc(-c2nccc3c(=O)[nH]c(COc4ccc(F)c(Cl)c4)nc23)cs1. The van der Waals surface area contributed by atoms with Gasteiger partial charge in [0, 0.05) is 30.7 Å². The second kappa shape index (κ2) is 8.99. The molecule has 1 aromatic carbocycles. The van der Waals surface area contributed by atoms with Gasteiger partial charge in [-0.3, -0.25) is 9.78 Å². The fourth-order valence-corrected chi connectivity index (χ4v) is 4.21. The molecule has 4 aromatic rings. The number of hydrogen-bond donors (Lipinski definition) is 1. The molecule has 4 rings (SSSR count). The van der Waals surface area contributed by atoms with E-state index in [1.54, 1.807) is 12.3 Å². The summed E-state index contributed by atoms with van der Waals surface area (Å²) in [7, 11) is 0. The van der Waals surface area contributed by atoms with Gasteiger partial charge in [0.05, 0.1) is 10.4 Å². The first-order valence-corrected chi connectivity index (χ1v) is 10.9. The Kier molecular flexibility index (Phi) is 6.15. The van der Waals surface area contributed by atoms with Crippen LogP contribution < -0.4 is 15.2 Å². The minimum atomic E-state index is -0.533. The second-order valence-corrected chi connectivity index (χ2v) is 7.86. The Morgan fingerprint density at radius 3 is 2.77 bits per heavy atom. The Labute approximate surface area is 186 Å². The zero-order valence-corrected chi connectivity index (χ0v) is 18.4. The lowest BCUT2D eigenvalue weighted by Gasteiger charge is -2.16. The van der Waals surface area contributed by atoms with Crippen molar-refractivity contribution in [3.63, 3.8) is 0 Å². The van der Waals surface area contributed by atoms with Gasteiger partial charge in [-0.1, -0.05) is 11.6 Å². The molecular weight excluding hydrogens is 441 g/mol. The molecule has 0 spiro atoms. The number of aromatic amines is 1. The molecule has 0 atom stereocenters. The van der Waals surface area contributed by atoms with Crippen LogP contribution in [0.15, 0.2) is 40.6 Å². The summed E-state index contributed by atoms with van der Waals surface area (Å²) in [5.74, 6) is 0.143. The number of benzene rings is 1. The van der Waals surface area contributed by atoms with Crippen LogP contribution in [0.2, 0.25) is 5.02 Å². The van der Waals surface area contributed by atoms with Gasteiger partial charge in [-0.2, -0.15) is 0 Å². The molecule has 0 amide bonds. The topological polar surface area (TPSA) is 84.0 Å². The van der Waals surface area contributed by atoms with Gasteiger partial charge < -0.3 is 14.6 Å². The van der Waals surface area contributed by atoms with Crippen LogP contribution in [0.5, 0.6) is 5.75 Å². The summed E-state index contributed by atoms with van der Waals surface area (Å²) in [5.41, 5.74) is 1.33. The molecule has 31 heavy (non-hydrogen) atoms. The van der Waals surface area contributed by atoms with Gasteiger partial charge in [0.1, 0.15) is 40.9 Å². The highest BCUT2D eigenvalue weighted by Gasteiger charge is 2.16. The minimum Gasteiger partial charge on any atom is -0.486 e. The Hall–Kier alpha value is -3.04. The second-order valence-electron chi connectivity index (χ2n) is 6.62. The highest BCUT2D eigenvalue weighted by Crippen LogP contribution is 2.29. The highest BCUT2D eigenvalue weighted by molar-refractivity contribution is 7.14. The molecular formula is C21H19ClFN5O2S. The number of nitrogens with one attached hydrogen (secondary N) is 1. The van der Waals surface area contributed by atoms with E-state index in [1.807, 2.05) is 5.38 Å². The van der Waals surface area contributed by atoms with E-state index in [9.17, 15) is 9.18 Å². The lowest BCUT2D eigenvalue weighted by molar-refractivity contribution is 0.295. The van der Waals surface area contributed by atoms with Crippen molar-refractivity contribution in [2.24, 2.45) is 0 Å². The molecule has 0 unspecified atom stereocenters. The van der Waals surface area contributed by atoms with Gasteiger partial charge in [0.25, 0.3) is 5.56 Å². The van der Waals surface area contributed by atoms with E-state index in [1.165, 1.54) is 29.5 Å². The first-order valence-electron chi connectivity index (χ1n) is 9.66. The lowest BCUT2D eigenvalue weighted by Crippen LogP contribution is -2.21. The minimum absolute atomic E-state index is 0.0246. The molecule has 160 valence electrons. The maximum Gasteiger partial charge on any atom is 0.258 e. The molecule has 0 saturated carbocycles. The van der Waals surface area contributed by atoms with E-state index in [-0.39, 0.29) is 17.2 Å². The lowest BCUT2D eigenvalue weighted by atomic mass is 10.2. The number of nitrogens with zero attached hydrogens (tertiary/aromatic N) is 4. The van der Waals surface area contributed by atoms with Crippen molar-refractivity contribution in [1.82, 2.24) is 19.9 Å². The zero-order chi connectivity index (χ0) is 22.0. The fraction of sp³-hybridized carbons (Fsp3) is 0.238. The Morgan fingerprint density at radius 1 is 1.23 bits per heavy atom. The van der Waals surface area contributed by atoms with Crippen LogP contribution in [0.1, 0.15) is 19.7 Å². The van der Waals surface area contributed by atoms with Gasteiger partial charge in [0.2, 0.25) is 0 Å². The molecule has 7 nitrogen and oxygen atoms in total. The smallest absolute Gasteiger partial charge is 0.258 e. The number of anilines is 1. The number of fused-ring (bicyclic) bond motifs is 1. The molecule has 0 aliphatic carbocycles. The maximum absolute atomic E-state index is 13.3. The summed E-state index contributed by atoms with van der Waals surface area (Å²) in [6.45, 7) is 5.81. The summed E-state index contributed by atoms with van der Waals surface area (Å²) < 4.78 is 18.9. The highest BCUT2D eigenvalue weighted by atomic mass is 35.5. The number of thiazole rings is 1. The zero-order valence-electron chi connectivity index (χ0n) is 16.9. The van der Waals surface area contributed by atoms with E-state index >= 15 is 0 Å². The van der Waals surface area contributed by atoms with Crippen LogP contribution in [-0.2, 0) is 6.61 Å². The Morgan fingerprint density at radius 2 is 2.03 bits per heavy atom. The first-order chi connectivity index (χ1) is 15.0. The van der Waals surface area contributed by atoms with E-state index in [2.05, 4.69) is 33.7 Å². The largest absolute Gasteiger partial charge is 0.486 e. The van der Waals surface area contributed by atoms with Crippen LogP contribution in [0.25, 0.3) is 22.3 Å². The summed E-state index contributed by atoms with van der Waals surface area (Å²) in [6, 6.07) is 5.66. The molecule has 0 radical (unpaired) electrons. The summed E-state index contributed by atoms with van der Waals surface area (Å²) in [5, 5.41) is 3.17. The fourth-order valence-electron chi connectivity index (χ4n) is 3.10. The van der Waals surface area contributed by atoms with E-state index in [0.717, 1.165) is 18.2 Å². The third-order valence-electron chi connectivity index (χ3n) is 4.71. The quantitative estimate of drug-likeness (QED) is 0.432. The average Bonchev–Trinajstić information content (AvgIpc) is 3.25. The maximum atomic E-state index is 13.3. The van der Waals surface area contributed by atoms with Crippen LogP contribution in [-0.4, -0.2) is 33.0 Å². The third-order valence-corrected chi connectivity index (χ3v) is 5.90. The van der Waals surface area contributed by atoms with Crippen LogP contribution >= 0.6 is 22.9 Å². The molecule has 3 aromatic heterocycles. The van der Waals surface area contributed by atoms with Crippen LogP contribution in [0.3, 0.4) is 0 Å². The molecule has 0 aliphatic heterocycles. The molecule has 3 heterocycles. The van der Waals surface area contributed by atoms with Crippen molar-refractivity contribution in [3.05, 3.63) is 62.9 Å². The van der Waals surface area contributed by atoms with Gasteiger partial charge in [-0.05, 0) is 32.0 Å². The van der Waals surface area contributed by atoms with Crippen LogP contribution in [0, 0.1) is 5.82 Å². The number of ether oxygens (including phenoxy) is 1. The van der Waals surface area contributed by atoms with Crippen molar-refractivity contribution in [2.75, 3.05) is 18.0 Å². The normalized spacial score (nSPS) is 11.1. The van der Waals surface area contributed by atoms with Gasteiger partial charge >= 0.3 is 0 Å². The van der Waals surface area contributed by atoms with Crippen molar-refractivity contribution in [1.29, 1.82) is 0 Å². The molecule has 0 fully saturated rings. The van der Waals surface area contributed by atoms with Crippen molar-refractivity contribution in [2.45, 2.75) is 20.5 Å². The molecule has 0 aliphatic rings. The third kappa shape index (κ3) is 4.38. The number of hydrogen-bond acceptors (Lipinski definition) is 7. The number of pyridine rings is 1. The van der Waals surface area contributed by atoms with E-state index < -0.39 is 5.82 Å². The molecule has 0 saturated heterocycles. The van der Waals surface area contributed by atoms with E-state index in [0.29, 0.717) is 33.9 Å². The average molecular weight is 460 g/mol. The van der Waals surface area contributed by atoms with Gasteiger partial charge in [0.15, 0.2) is 5.13 Å². The number of H-pyrrole nitrogens is 1. The Bertz CT molecular complexity index is 1290. The standard InChI is InChI=1S/C21H19ClFN5O2S/c1-3-28(4-2)21-25-16(11-31-21)19-18-13(7-8-24-19)20(29)27-17(26-18)10-30-12-5-6-15(23)14(22)9-12/h5-9,11H,3-4,10H2,1-2H3,(H,26,27,29). The predicted molar refractivity (Wildman–Crippen MR) is 121 cm³/mol. The van der Waals surface area contributed by atoms with Gasteiger partial charge in [-0.25, -0.2) is 14.4 Å². The van der Waals surface area contributed by atoms with Crippen molar-refractivity contribution < 1.29 is 9.13 Å². The predicted octanol–water partition coefficient (Wildman–Crippen LogP) is 4.66. The van der Waals surface area contributed by atoms with Crippen LogP contribution in [0.4, 0.5) is 9.52 Å². The van der Waals surface area contributed by atoms with E-state index in [4.69, 9.17) is 21.3 Å². The molecule has 10 heteroatoms.